The summed E-state index contributed by atoms with van der Waals surface area (Å²) < 4.78 is 23.4. The molecule has 0 aromatic heterocycles. The number of rotatable bonds is 6. The molecule has 1 heterocycles. The van der Waals surface area contributed by atoms with Crippen molar-refractivity contribution in [2.75, 3.05) is 18.1 Å². The van der Waals surface area contributed by atoms with Crippen molar-refractivity contribution in [2.24, 2.45) is 0 Å². The number of benzene rings is 1. The molecule has 20 heavy (non-hydrogen) atoms. The summed E-state index contributed by atoms with van der Waals surface area (Å²) >= 11 is 0. The average molecular weight is 297 g/mol. The van der Waals surface area contributed by atoms with Gasteiger partial charge in [0.15, 0.2) is 9.84 Å². The van der Waals surface area contributed by atoms with Crippen molar-refractivity contribution in [2.45, 2.75) is 37.8 Å². The third-order valence-corrected chi connectivity index (χ3v) is 5.57. The van der Waals surface area contributed by atoms with Gasteiger partial charge in [-0.05, 0) is 31.2 Å². The lowest BCUT2D eigenvalue weighted by Gasteiger charge is -2.28. The first kappa shape index (κ1) is 15.5. The van der Waals surface area contributed by atoms with Gasteiger partial charge in [0.2, 0.25) is 0 Å². The first-order valence-electron chi connectivity index (χ1n) is 7.23. The zero-order chi connectivity index (χ0) is 14.4. The second-order valence-corrected chi connectivity index (χ2v) is 7.68. The standard InChI is InChI=1S/C15H23NO3S/c17-10-4-9-15(13-6-2-1-3-7-13)16-14-8-5-11-20(18,19)12-14/h1-3,6-7,14-17H,4-5,8-12H2. The van der Waals surface area contributed by atoms with Gasteiger partial charge in [-0.15, -0.1) is 0 Å². The van der Waals surface area contributed by atoms with Gasteiger partial charge >= 0.3 is 0 Å². The molecule has 0 radical (unpaired) electrons. The summed E-state index contributed by atoms with van der Waals surface area (Å²) in [6.45, 7) is 0.161. The van der Waals surface area contributed by atoms with E-state index >= 15 is 0 Å². The topological polar surface area (TPSA) is 66.4 Å². The largest absolute Gasteiger partial charge is 0.396 e. The van der Waals surface area contributed by atoms with E-state index in [1.807, 2.05) is 30.3 Å². The molecule has 0 aliphatic carbocycles. The van der Waals surface area contributed by atoms with E-state index in [0.717, 1.165) is 24.8 Å². The van der Waals surface area contributed by atoms with Crippen molar-refractivity contribution in [3.8, 4) is 0 Å². The summed E-state index contributed by atoms with van der Waals surface area (Å²) in [5, 5.41) is 12.5. The minimum Gasteiger partial charge on any atom is -0.396 e. The molecule has 112 valence electrons. The fourth-order valence-corrected chi connectivity index (χ4v) is 4.41. The van der Waals surface area contributed by atoms with Gasteiger partial charge in [0.1, 0.15) is 0 Å². The second kappa shape index (κ2) is 7.20. The van der Waals surface area contributed by atoms with E-state index < -0.39 is 9.84 Å². The van der Waals surface area contributed by atoms with E-state index in [1.54, 1.807) is 0 Å². The van der Waals surface area contributed by atoms with E-state index in [0.29, 0.717) is 12.2 Å². The predicted octanol–water partition coefficient (Wildman–Crippen LogP) is 1.67. The quantitative estimate of drug-likeness (QED) is 0.838. The van der Waals surface area contributed by atoms with Crippen molar-refractivity contribution in [1.29, 1.82) is 0 Å². The van der Waals surface area contributed by atoms with Gasteiger partial charge in [-0.25, -0.2) is 8.42 Å². The van der Waals surface area contributed by atoms with Crippen LogP contribution in [0.1, 0.15) is 37.3 Å². The Kier molecular flexibility index (Phi) is 5.57. The molecule has 0 bridgehead atoms. The highest BCUT2D eigenvalue weighted by molar-refractivity contribution is 7.91. The maximum atomic E-state index is 11.7. The first-order valence-corrected chi connectivity index (χ1v) is 9.05. The summed E-state index contributed by atoms with van der Waals surface area (Å²) in [6.07, 6.45) is 3.17. The molecule has 1 aliphatic heterocycles. The van der Waals surface area contributed by atoms with Gasteiger partial charge in [-0.2, -0.15) is 0 Å². The molecule has 2 N–H and O–H groups in total. The Labute approximate surface area is 121 Å². The van der Waals surface area contributed by atoms with Gasteiger partial charge in [0.05, 0.1) is 11.5 Å². The molecule has 0 saturated carbocycles. The molecule has 1 fully saturated rings. The minimum absolute atomic E-state index is 0.0256. The van der Waals surface area contributed by atoms with Crippen LogP contribution in [0.15, 0.2) is 30.3 Å². The van der Waals surface area contributed by atoms with Gasteiger partial charge in [-0.3, -0.25) is 0 Å². The molecule has 1 saturated heterocycles. The molecule has 2 atom stereocenters. The first-order chi connectivity index (χ1) is 9.61. The van der Waals surface area contributed by atoms with Crippen molar-refractivity contribution in [1.82, 2.24) is 5.32 Å². The molecule has 5 heteroatoms. The Morgan fingerprint density at radius 1 is 1.30 bits per heavy atom. The van der Waals surface area contributed by atoms with Crippen molar-refractivity contribution < 1.29 is 13.5 Å². The zero-order valence-electron chi connectivity index (χ0n) is 11.7. The highest BCUT2D eigenvalue weighted by Crippen LogP contribution is 2.22. The fraction of sp³-hybridized carbons (Fsp3) is 0.600. The number of sulfone groups is 1. The number of hydrogen-bond donors (Lipinski definition) is 2. The molecule has 0 spiro atoms. The average Bonchev–Trinajstić information content (AvgIpc) is 2.43. The molecular weight excluding hydrogens is 274 g/mol. The smallest absolute Gasteiger partial charge is 0.151 e. The van der Waals surface area contributed by atoms with Crippen LogP contribution in [0.4, 0.5) is 0 Å². The molecule has 1 aromatic carbocycles. The SMILES string of the molecule is O=S1(=O)CCCC(NC(CCCO)c2ccccc2)C1. The highest BCUT2D eigenvalue weighted by Gasteiger charge is 2.26. The van der Waals surface area contributed by atoms with Crippen LogP contribution >= 0.6 is 0 Å². The number of nitrogens with one attached hydrogen (secondary N) is 1. The van der Waals surface area contributed by atoms with E-state index in [4.69, 9.17) is 5.11 Å². The van der Waals surface area contributed by atoms with Crippen LogP contribution in [0, 0.1) is 0 Å². The highest BCUT2D eigenvalue weighted by atomic mass is 32.2. The van der Waals surface area contributed by atoms with Crippen LogP contribution in [0.2, 0.25) is 0 Å². The zero-order valence-corrected chi connectivity index (χ0v) is 12.5. The second-order valence-electron chi connectivity index (χ2n) is 5.45. The normalized spacial score (nSPS) is 23.4. The Morgan fingerprint density at radius 2 is 2.05 bits per heavy atom. The van der Waals surface area contributed by atoms with Gasteiger partial charge in [0.25, 0.3) is 0 Å². The van der Waals surface area contributed by atoms with Crippen molar-refractivity contribution in [3.63, 3.8) is 0 Å². The molecule has 0 amide bonds. The van der Waals surface area contributed by atoms with Crippen LogP contribution in [0.3, 0.4) is 0 Å². The van der Waals surface area contributed by atoms with E-state index in [1.165, 1.54) is 0 Å². The lowest BCUT2D eigenvalue weighted by molar-refractivity contribution is 0.271. The van der Waals surface area contributed by atoms with Gasteiger partial charge < -0.3 is 10.4 Å². The molecular formula is C15H23NO3S. The molecule has 4 nitrogen and oxygen atoms in total. The Balaban J connectivity index is 2.04. The number of aliphatic hydroxyl groups is 1. The Morgan fingerprint density at radius 3 is 2.70 bits per heavy atom. The summed E-state index contributed by atoms with van der Waals surface area (Å²) in [5.41, 5.74) is 1.16. The minimum atomic E-state index is -2.89. The van der Waals surface area contributed by atoms with Gasteiger partial charge in [-0.1, -0.05) is 30.3 Å². The van der Waals surface area contributed by atoms with Crippen LogP contribution < -0.4 is 5.32 Å². The molecule has 2 rings (SSSR count). The lowest BCUT2D eigenvalue weighted by atomic mass is 10.0. The predicted molar refractivity (Wildman–Crippen MR) is 80.3 cm³/mol. The van der Waals surface area contributed by atoms with Crippen molar-refractivity contribution in [3.05, 3.63) is 35.9 Å². The lowest BCUT2D eigenvalue weighted by Crippen LogP contribution is -2.42. The van der Waals surface area contributed by atoms with Crippen LogP contribution in [0.5, 0.6) is 0 Å². The fourth-order valence-electron chi connectivity index (χ4n) is 2.77. The number of aliphatic hydroxyl groups excluding tert-OH is 1. The van der Waals surface area contributed by atoms with Crippen LogP contribution in [0.25, 0.3) is 0 Å². The molecule has 1 aliphatic rings. The Hall–Kier alpha value is -0.910. The summed E-state index contributed by atoms with van der Waals surface area (Å²) in [7, 11) is -2.89. The summed E-state index contributed by atoms with van der Waals surface area (Å²) in [4.78, 5) is 0. The van der Waals surface area contributed by atoms with E-state index in [9.17, 15) is 8.42 Å². The van der Waals surface area contributed by atoms with Crippen LogP contribution in [-0.2, 0) is 9.84 Å². The maximum absolute atomic E-state index is 11.7. The van der Waals surface area contributed by atoms with Crippen molar-refractivity contribution >= 4 is 9.84 Å². The number of hydrogen-bond acceptors (Lipinski definition) is 4. The molecule has 1 aromatic rings. The summed E-state index contributed by atoms with van der Waals surface area (Å²) in [5.74, 6) is 0.549. The maximum Gasteiger partial charge on any atom is 0.151 e. The third-order valence-electron chi connectivity index (χ3n) is 3.75. The molecule has 2 unspecified atom stereocenters. The summed E-state index contributed by atoms with van der Waals surface area (Å²) in [6, 6.07) is 10.2. The van der Waals surface area contributed by atoms with E-state index in [-0.39, 0.29) is 24.4 Å². The Bertz CT molecular complexity index is 501. The van der Waals surface area contributed by atoms with Crippen LogP contribution in [-0.4, -0.2) is 37.7 Å². The van der Waals surface area contributed by atoms with E-state index in [2.05, 4.69) is 5.32 Å². The van der Waals surface area contributed by atoms with Gasteiger partial charge in [0, 0.05) is 18.7 Å². The third kappa shape index (κ3) is 4.58. The monoisotopic (exact) mass is 297 g/mol.